The summed E-state index contributed by atoms with van der Waals surface area (Å²) in [5.74, 6) is 0.695. The Labute approximate surface area is 112 Å². The second kappa shape index (κ2) is 5.44. The predicted molar refractivity (Wildman–Crippen MR) is 75.9 cm³/mol. The largest absolute Gasteiger partial charge is 0.355 e. The standard InChI is InChI=1S/C13H20N4O2/c1-4-5-17-11(10-12(18)15(3)13(17)19)16-8-6-14(2)7-9-16/h4,10H,1,5-9H2,2-3H3. The van der Waals surface area contributed by atoms with Crippen LogP contribution < -0.4 is 16.1 Å². The van der Waals surface area contributed by atoms with Gasteiger partial charge < -0.3 is 9.80 Å². The van der Waals surface area contributed by atoms with E-state index in [4.69, 9.17) is 0 Å². The normalized spacial score (nSPS) is 16.6. The van der Waals surface area contributed by atoms with E-state index in [0.717, 1.165) is 30.7 Å². The van der Waals surface area contributed by atoms with Crippen molar-refractivity contribution in [1.82, 2.24) is 14.0 Å². The van der Waals surface area contributed by atoms with Crippen molar-refractivity contribution < 1.29 is 0 Å². The molecule has 0 spiro atoms. The van der Waals surface area contributed by atoms with Crippen LogP contribution in [-0.2, 0) is 13.6 Å². The van der Waals surface area contributed by atoms with E-state index < -0.39 is 0 Å². The van der Waals surface area contributed by atoms with Crippen molar-refractivity contribution in [3.8, 4) is 0 Å². The maximum absolute atomic E-state index is 12.1. The van der Waals surface area contributed by atoms with Crippen LogP contribution in [0.2, 0.25) is 0 Å². The number of hydrogen-bond donors (Lipinski definition) is 0. The highest BCUT2D eigenvalue weighted by Crippen LogP contribution is 2.12. The Morgan fingerprint density at radius 2 is 1.84 bits per heavy atom. The Hall–Kier alpha value is -1.82. The molecule has 0 radical (unpaired) electrons. The zero-order valence-electron chi connectivity index (χ0n) is 11.5. The van der Waals surface area contributed by atoms with Crippen LogP contribution >= 0.6 is 0 Å². The molecule has 1 aliphatic rings. The molecule has 0 unspecified atom stereocenters. The lowest BCUT2D eigenvalue weighted by molar-refractivity contribution is 0.310. The van der Waals surface area contributed by atoms with Crippen molar-refractivity contribution in [2.24, 2.45) is 7.05 Å². The molecule has 0 amide bonds. The third-order valence-electron chi connectivity index (χ3n) is 3.52. The van der Waals surface area contributed by atoms with Gasteiger partial charge in [0.25, 0.3) is 5.56 Å². The molecule has 2 rings (SSSR count). The number of aromatic nitrogens is 2. The van der Waals surface area contributed by atoms with Crippen molar-refractivity contribution >= 4 is 5.82 Å². The number of piperazine rings is 1. The SMILES string of the molecule is C=CCn1c(N2CCN(C)CC2)cc(=O)n(C)c1=O. The molecule has 0 bridgehead atoms. The first-order valence-corrected chi connectivity index (χ1v) is 6.40. The Morgan fingerprint density at radius 3 is 2.42 bits per heavy atom. The van der Waals surface area contributed by atoms with Crippen LogP contribution in [0.5, 0.6) is 0 Å². The van der Waals surface area contributed by atoms with Crippen LogP contribution in [-0.4, -0.2) is 47.3 Å². The minimum atomic E-state index is -0.290. The quantitative estimate of drug-likeness (QED) is 0.690. The fourth-order valence-electron chi connectivity index (χ4n) is 2.26. The van der Waals surface area contributed by atoms with E-state index in [-0.39, 0.29) is 11.2 Å². The molecule has 6 heteroatoms. The summed E-state index contributed by atoms with van der Waals surface area (Å²) in [5, 5.41) is 0. The van der Waals surface area contributed by atoms with Crippen molar-refractivity contribution in [1.29, 1.82) is 0 Å². The van der Waals surface area contributed by atoms with Gasteiger partial charge in [0.2, 0.25) is 0 Å². The summed E-state index contributed by atoms with van der Waals surface area (Å²) in [4.78, 5) is 28.3. The Balaban J connectivity index is 2.46. The van der Waals surface area contributed by atoms with Crippen molar-refractivity contribution in [3.05, 3.63) is 39.6 Å². The zero-order chi connectivity index (χ0) is 14.0. The first kappa shape index (κ1) is 13.6. The minimum Gasteiger partial charge on any atom is -0.355 e. The van der Waals surface area contributed by atoms with E-state index in [0.29, 0.717) is 12.4 Å². The summed E-state index contributed by atoms with van der Waals surface area (Å²) < 4.78 is 2.72. The highest BCUT2D eigenvalue weighted by molar-refractivity contribution is 5.39. The molecule has 19 heavy (non-hydrogen) atoms. The number of rotatable bonds is 3. The molecule has 1 aliphatic heterocycles. The summed E-state index contributed by atoms with van der Waals surface area (Å²) in [6.07, 6.45) is 1.67. The number of nitrogens with zero attached hydrogens (tertiary/aromatic N) is 4. The lowest BCUT2D eigenvalue weighted by Gasteiger charge is -2.35. The van der Waals surface area contributed by atoms with E-state index in [2.05, 4.69) is 23.4 Å². The van der Waals surface area contributed by atoms with Crippen LogP contribution in [0.1, 0.15) is 0 Å². The van der Waals surface area contributed by atoms with Crippen molar-refractivity contribution in [3.63, 3.8) is 0 Å². The predicted octanol–water partition coefficient (Wildman–Crippen LogP) is -0.515. The van der Waals surface area contributed by atoms with E-state index >= 15 is 0 Å². The molecule has 0 atom stereocenters. The van der Waals surface area contributed by atoms with E-state index in [9.17, 15) is 9.59 Å². The number of allylic oxidation sites excluding steroid dienone is 1. The molecular formula is C13H20N4O2. The fraction of sp³-hybridized carbons (Fsp3) is 0.538. The van der Waals surface area contributed by atoms with Gasteiger partial charge >= 0.3 is 5.69 Å². The van der Waals surface area contributed by atoms with Crippen LogP contribution in [0, 0.1) is 0 Å². The molecule has 0 N–H and O–H groups in total. The topological polar surface area (TPSA) is 50.5 Å². The average Bonchev–Trinajstić information content (AvgIpc) is 2.40. The van der Waals surface area contributed by atoms with Crippen LogP contribution in [0.25, 0.3) is 0 Å². The smallest absolute Gasteiger partial charge is 0.332 e. The number of anilines is 1. The highest BCUT2D eigenvalue weighted by Gasteiger charge is 2.19. The molecule has 1 saturated heterocycles. The van der Waals surface area contributed by atoms with Gasteiger partial charge in [-0.15, -0.1) is 6.58 Å². The fourth-order valence-corrected chi connectivity index (χ4v) is 2.26. The summed E-state index contributed by atoms with van der Waals surface area (Å²) in [6.45, 7) is 7.58. The van der Waals surface area contributed by atoms with Gasteiger partial charge in [0.1, 0.15) is 5.82 Å². The molecule has 1 aromatic rings. The Morgan fingerprint density at radius 1 is 1.21 bits per heavy atom. The van der Waals surface area contributed by atoms with Gasteiger partial charge in [-0.2, -0.15) is 0 Å². The number of likely N-dealkylation sites (N-methyl/N-ethyl adjacent to an activating group) is 1. The summed E-state index contributed by atoms with van der Waals surface area (Å²) in [7, 11) is 3.57. The molecular weight excluding hydrogens is 244 g/mol. The highest BCUT2D eigenvalue weighted by atomic mass is 16.2. The van der Waals surface area contributed by atoms with Gasteiger partial charge in [-0.3, -0.25) is 13.9 Å². The van der Waals surface area contributed by atoms with Gasteiger partial charge in [-0.1, -0.05) is 6.08 Å². The Kier molecular flexibility index (Phi) is 3.90. The van der Waals surface area contributed by atoms with Crippen molar-refractivity contribution in [2.75, 3.05) is 38.1 Å². The summed E-state index contributed by atoms with van der Waals surface area (Å²) in [5.41, 5.74) is -0.555. The maximum Gasteiger partial charge on any atom is 0.332 e. The molecule has 1 aromatic heterocycles. The minimum absolute atomic E-state index is 0.265. The molecule has 0 aliphatic carbocycles. The first-order chi connectivity index (χ1) is 9.04. The van der Waals surface area contributed by atoms with Gasteiger partial charge in [-0.25, -0.2) is 4.79 Å². The first-order valence-electron chi connectivity index (χ1n) is 6.40. The van der Waals surface area contributed by atoms with Crippen LogP contribution in [0.4, 0.5) is 5.82 Å². The second-order valence-electron chi connectivity index (χ2n) is 4.87. The summed E-state index contributed by atoms with van der Waals surface area (Å²) in [6, 6.07) is 1.54. The van der Waals surface area contributed by atoms with Crippen LogP contribution in [0.3, 0.4) is 0 Å². The molecule has 6 nitrogen and oxygen atoms in total. The maximum atomic E-state index is 12.1. The monoisotopic (exact) mass is 264 g/mol. The molecule has 104 valence electrons. The molecule has 1 fully saturated rings. The van der Waals surface area contributed by atoms with Gasteiger partial charge in [0, 0.05) is 45.8 Å². The zero-order valence-corrected chi connectivity index (χ0v) is 11.5. The third-order valence-corrected chi connectivity index (χ3v) is 3.52. The molecule has 0 saturated carbocycles. The number of hydrogen-bond acceptors (Lipinski definition) is 4. The van der Waals surface area contributed by atoms with Gasteiger partial charge in [-0.05, 0) is 7.05 Å². The average molecular weight is 264 g/mol. The lowest BCUT2D eigenvalue weighted by atomic mass is 10.3. The van der Waals surface area contributed by atoms with E-state index in [1.54, 1.807) is 10.6 Å². The van der Waals surface area contributed by atoms with Crippen LogP contribution in [0.15, 0.2) is 28.3 Å². The Bertz CT molecular complexity index is 579. The molecule has 2 heterocycles. The van der Waals surface area contributed by atoms with Gasteiger partial charge in [0.15, 0.2) is 0 Å². The summed E-state index contributed by atoms with van der Waals surface area (Å²) >= 11 is 0. The van der Waals surface area contributed by atoms with Crippen molar-refractivity contribution in [2.45, 2.75) is 6.54 Å². The van der Waals surface area contributed by atoms with E-state index in [1.807, 2.05) is 0 Å². The lowest BCUT2D eigenvalue weighted by Crippen LogP contribution is -2.48. The second-order valence-corrected chi connectivity index (χ2v) is 4.87. The van der Waals surface area contributed by atoms with Gasteiger partial charge in [0.05, 0.1) is 0 Å². The third kappa shape index (κ3) is 2.63. The van der Waals surface area contributed by atoms with E-state index in [1.165, 1.54) is 13.1 Å². The molecule has 0 aromatic carbocycles.